The van der Waals surface area contributed by atoms with Crippen molar-refractivity contribution in [3.8, 4) is 0 Å². The summed E-state index contributed by atoms with van der Waals surface area (Å²) in [4.78, 5) is 0. The van der Waals surface area contributed by atoms with Gasteiger partial charge in [0.2, 0.25) is 0 Å². The predicted molar refractivity (Wildman–Crippen MR) is 71.0 cm³/mol. The lowest BCUT2D eigenvalue weighted by Crippen LogP contribution is -2.34. The Labute approximate surface area is 104 Å². The molecule has 0 aliphatic carbocycles. The van der Waals surface area contributed by atoms with E-state index in [0.29, 0.717) is 18.8 Å². The smallest absolute Gasteiger partial charge is 0.108 e. The van der Waals surface area contributed by atoms with E-state index in [2.05, 4.69) is 13.8 Å². The van der Waals surface area contributed by atoms with Gasteiger partial charge in [0, 0.05) is 0 Å². The summed E-state index contributed by atoms with van der Waals surface area (Å²) >= 11 is 0. The van der Waals surface area contributed by atoms with Crippen molar-refractivity contribution in [3.05, 3.63) is 35.4 Å². The third kappa shape index (κ3) is 3.08. The van der Waals surface area contributed by atoms with Crippen molar-refractivity contribution in [1.29, 1.82) is 0 Å². The third-order valence-electron chi connectivity index (χ3n) is 3.65. The van der Waals surface area contributed by atoms with Gasteiger partial charge in [0.05, 0.1) is 5.60 Å². The fourth-order valence-electron chi connectivity index (χ4n) is 2.01. The fraction of sp³-hybridized carbons (Fsp3) is 0.600. The Balaban J connectivity index is 2.93. The van der Waals surface area contributed by atoms with Gasteiger partial charge in [-0.2, -0.15) is 0 Å². The van der Waals surface area contributed by atoms with Gasteiger partial charge in [-0.1, -0.05) is 52.0 Å². The summed E-state index contributed by atoms with van der Waals surface area (Å²) in [6, 6.07) is 7.87. The molecular formula is C15H24O2. The Morgan fingerprint density at radius 2 is 1.41 bits per heavy atom. The van der Waals surface area contributed by atoms with Crippen molar-refractivity contribution in [2.75, 3.05) is 0 Å². The summed E-state index contributed by atoms with van der Waals surface area (Å²) in [5, 5.41) is 20.5. The Kier molecular flexibility index (Phi) is 4.72. The van der Waals surface area contributed by atoms with Gasteiger partial charge in [0.1, 0.15) is 6.10 Å². The van der Waals surface area contributed by atoms with Crippen LogP contribution in [-0.2, 0) is 0 Å². The lowest BCUT2D eigenvalue weighted by Gasteiger charge is -2.31. The molecule has 0 aliphatic rings. The Morgan fingerprint density at radius 3 is 1.76 bits per heavy atom. The maximum atomic E-state index is 10.3. The molecule has 0 aromatic heterocycles. The normalized spacial score (nSPS) is 14.1. The molecule has 0 heterocycles. The van der Waals surface area contributed by atoms with Crippen LogP contribution in [0.1, 0.15) is 63.7 Å². The van der Waals surface area contributed by atoms with E-state index < -0.39 is 11.7 Å². The van der Waals surface area contributed by atoms with E-state index in [0.717, 1.165) is 5.56 Å². The highest BCUT2D eigenvalue weighted by molar-refractivity contribution is 5.27. The molecular weight excluding hydrogens is 212 g/mol. The van der Waals surface area contributed by atoms with E-state index in [1.807, 2.05) is 38.1 Å². The van der Waals surface area contributed by atoms with Crippen LogP contribution in [0, 0.1) is 0 Å². The number of hydrogen-bond donors (Lipinski definition) is 2. The Bertz CT molecular complexity index is 336. The summed E-state index contributed by atoms with van der Waals surface area (Å²) < 4.78 is 0. The first-order valence-corrected chi connectivity index (χ1v) is 6.45. The van der Waals surface area contributed by atoms with Gasteiger partial charge in [0.25, 0.3) is 0 Å². The highest BCUT2D eigenvalue weighted by Crippen LogP contribution is 2.32. The summed E-state index contributed by atoms with van der Waals surface area (Å²) in [7, 11) is 0. The van der Waals surface area contributed by atoms with Crippen molar-refractivity contribution >= 4 is 0 Å². The molecule has 0 aliphatic heterocycles. The van der Waals surface area contributed by atoms with E-state index in [1.54, 1.807) is 0 Å². The summed E-state index contributed by atoms with van der Waals surface area (Å²) in [5.74, 6) is 0.484. The van der Waals surface area contributed by atoms with Crippen LogP contribution >= 0.6 is 0 Å². The molecule has 96 valence electrons. The molecule has 1 unspecified atom stereocenters. The van der Waals surface area contributed by atoms with E-state index in [4.69, 9.17) is 0 Å². The fourth-order valence-corrected chi connectivity index (χ4v) is 2.01. The van der Waals surface area contributed by atoms with Gasteiger partial charge in [-0.15, -0.1) is 0 Å². The zero-order valence-electron chi connectivity index (χ0n) is 11.3. The molecule has 1 aromatic carbocycles. The van der Waals surface area contributed by atoms with E-state index in [1.165, 1.54) is 5.56 Å². The molecule has 1 rings (SSSR count). The van der Waals surface area contributed by atoms with E-state index in [9.17, 15) is 10.2 Å². The molecule has 0 radical (unpaired) electrons. The first-order valence-electron chi connectivity index (χ1n) is 6.45. The number of rotatable bonds is 5. The van der Waals surface area contributed by atoms with Crippen molar-refractivity contribution in [3.63, 3.8) is 0 Å². The zero-order valence-corrected chi connectivity index (χ0v) is 11.3. The van der Waals surface area contributed by atoms with Crippen molar-refractivity contribution in [2.24, 2.45) is 0 Å². The van der Waals surface area contributed by atoms with Gasteiger partial charge in [0.15, 0.2) is 0 Å². The minimum absolute atomic E-state index is 0.484. The molecule has 2 nitrogen and oxygen atoms in total. The maximum Gasteiger partial charge on any atom is 0.108 e. The van der Waals surface area contributed by atoms with Crippen LogP contribution in [-0.4, -0.2) is 15.8 Å². The molecule has 0 saturated carbocycles. The highest BCUT2D eigenvalue weighted by Gasteiger charge is 2.32. The molecule has 1 atom stereocenters. The topological polar surface area (TPSA) is 40.5 Å². The van der Waals surface area contributed by atoms with Crippen molar-refractivity contribution in [2.45, 2.75) is 58.2 Å². The minimum Gasteiger partial charge on any atom is -0.387 e. The Hall–Kier alpha value is -0.860. The summed E-state index contributed by atoms with van der Waals surface area (Å²) in [5.41, 5.74) is 1.03. The SMILES string of the molecule is CCC(O)(CC)C(O)c1ccc(C(C)C)cc1. The number of hydrogen-bond acceptors (Lipinski definition) is 2. The van der Waals surface area contributed by atoms with Gasteiger partial charge < -0.3 is 10.2 Å². The molecule has 0 fully saturated rings. The molecule has 17 heavy (non-hydrogen) atoms. The van der Waals surface area contributed by atoms with E-state index >= 15 is 0 Å². The van der Waals surface area contributed by atoms with Gasteiger partial charge in [-0.05, 0) is 29.9 Å². The molecule has 1 aromatic rings. The van der Waals surface area contributed by atoms with E-state index in [-0.39, 0.29) is 0 Å². The standard InChI is InChI=1S/C15H24O2/c1-5-15(17,6-2)14(16)13-9-7-12(8-10-13)11(3)4/h7-11,14,16-17H,5-6H2,1-4H3. The average molecular weight is 236 g/mol. The lowest BCUT2D eigenvalue weighted by atomic mass is 9.86. The summed E-state index contributed by atoms with van der Waals surface area (Å²) in [6.07, 6.45) is 0.298. The van der Waals surface area contributed by atoms with Gasteiger partial charge >= 0.3 is 0 Å². The van der Waals surface area contributed by atoms with Crippen molar-refractivity contribution in [1.82, 2.24) is 0 Å². The largest absolute Gasteiger partial charge is 0.387 e. The molecule has 0 spiro atoms. The number of aliphatic hydroxyl groups excluding tert-OH is 1. The van der Waals surface area contributed by atoms with Crippen LogP contribution in [0.2, 0.25) is 0 Å². The number of aliphatic hydroxyl groups is 2. The second-order valence-corrected chi connectivity index (χ2v) is 5.03. The van der Waals surface area contributed by atoms with Crippen LogP contribution in [0.15, 0.2) is 24.3 Å². The molecule has 2 heteroatoms. The maximum absolute atomic E-state index is 10.3. The first kappa shape index (κ1) is 14.2. The van der Waals surface area contributed by atoms with Crippen LogP contribution in [0.5, 0.6) is 0 Å². The highest BCUT2D eigenvalue weighted by atomic mass is 16.3. The third-order valence-corrected chi connectivity index (χ3v) is 3.65. The van der Waals surface area contributed by atoms with Gasteiger partial charge in [-0.3, -0.25) is 0 Å². The quantitative estimate of drug-likeness (QED) is 0.822. The van der Waals surface area contributed by atoms with Crippen LogP contribution in [0.25, 0.3) is 0 Å². The summed E-state index contributed by atoms with van der Waals surface area (Å²) in [6.45, 7) is 8.07. The van der Waals surface area contributed by atoms with Gasteiger partial charge in [-0.25, -0.2) is 0 Å². The molecule has 2 N–H and O–H groups in total. The first-order chi connectivity index (χ1) is 7.94. The van der Waals surface area contributed by atoms with Crippen LogP contribution in [0.3, 0.4) is 0 Å². The molecule has 0 amide bonds. The lowest BCUT2D eigenvalue weighted by molar-refractivity contribution is -0.0820. The minimum atomic E-state index is -1.01. The molecule has 0 bridgehead atoms. The Morgan fingerprint density at radius 1 is 1.00 bits per heavy atom. The second kappa shape index (κ2) is 5.65. The number of benzene rings is 1. The zero-order chi connectivity index (χ0) is 13.1. The molecule has 0 saturated heterocycles. The van der Waals surface area contributed by atoms with Crippen LogP contribution < -0.4 is 0 Å². The van der Waals surface area contributed by atoms with Crippen LogP contribution in [0.4, 0.5) is 0 Å². The van der Waals surface area contributed by atoms with Crippen molar-refractivity contribution < 1.29 is 10.2 Å². The second-order valence-electron chi connectivity index (χ2n) is 5.03. The monoisotopic (exact) mass is 236 g/mol. The predicted octanol–water partition coefficient (Wildman–Crippen LogP) is 3.39. The average Bonchev–Trinajstić information content (AvgIpc) is 2.37.